The van der Waals surface area contributed by atoms with Crippen LogP contribution in [0.5, 0.6) is 0 Å². The molecule has 0 aliphatic rings. The SMILES string of the molecule is COC(=O)CNc1nc2cccc(C)n2n1. The number of ether oxygens (including phenoxy) is 1. The number of hydrogen-bond acceptors (Lipinski definition) is 5. The molecule has 0 aliphatic heterocycles. The van der Waals surface area contributed by atoms with Gasteiger partial charge in [0.05, 0.1) is 7.11 Å². The third-order valence-electron chi connectivity index (χ3n) is 2.17. The molecule has 0 radical (unpaired) electrons. The Kier molecular flexibility index (Phi) is 2.72. The third kappa shape index (κ3) is 1.95. The summed E-state index contributed by atoms with van der Waals surface area (Å²) in [6.45, 7) is 2.00. The molecule has 0 spiro atoms. The Morgan fingerprint density at radius 3 is 3.06 bits per heavy atom. The number of carbonyl (C=O) groups is 1. The molecule has 2 aromatic rings. The van der Waals surface area contributed by atoms with Crippen molar-refractivity contribution in [3.8, 4) is 0 Å². The van der Waals surface area contributed by atoms with Gasteiger partial charge in [-0.05, 0) is 19.1 Å². The fourth-order valence-corrected chi connectivity index (χ4v) is 1.33. The lowest BCUT2D eigenvalue weighted by atomic mass is 10.4. The van der Waals surface area contributed by atoms with E-state index in [2.05, 4.69) is 20.1 Å². The zero-order valence-corrected chi connectivity index (χ0v) is 9.10. The number of anilines is 1. The van der Waals surface area contributed by atoms with Crippen LogP contribution in [0.3, 0.4) is 0 Å². The van der Waals surface area contributed by atoms with Crippen LogP contribution in [0.1, 0.15) is 5.69 Å². The maximum absolute atomic E-state index is 10.9. The Bertz CT molecular complexity index is 521. The first kappa shape index (κ1) is 10.4. The number of aromatic nitrogens is 3. The molecule has 2 aromatic heterocycles. The third-order valence-corrected chi connectivity index (χ3v) is 2.17. The van der Waals surface area contributed by atoms with Gasteiger partial charge >= 0.3 is 5.97 Å². The average Bonchev–Trinajstić information content (AvgIpc) is 2.70. The molecule has 6 heteroatoms. The summed E-state index contributed by atoms with van der Waals surface area (Å²) in [4.78, 5) is 15.1. The molecule has 2 rings (SSSR count). The summed E-state index contributed by atoms with van der Waals surface area (Å²) >= 11 is 0. The predicted molar refractivity (Wildman–Crippen MR) is 58.2 cm³/mol. The van der Waals surface area contributed by atoms with E-state index >= 15 is 0 Å². The molecule has 0 saturated heterocycles. The van der Waals surface area contributed by atoms with Gasteiger partial charge in [-0.15, -0.1) is 5.10 Å². The monoisotopic (exact) mass is 220 g/mol. The summed E-state index contributed by atoms with van der Waals surface area (Å²) in [6.07, 6.45) is 0. The molecule has 0 saturated carbocycles. The maximum atomic E-state index is 10.9. The number of fused-ring (bicyclic) bond motifs is 1. The summed E-state index contributed by atoms with van der Waals surface area (Å²) in [5.74, 6) is 0.0651. The van der Waals surface area contributed by atoms with E-state index in [4.69, 9.17) is 0 Å². The van der Waals surface area contributed by atoms with Crippen molar-refractivity contribution in [3.63, 3.8) is 0 Å². The molecular formula is C10H12N4O2. The van der Waals surface area contributed by atoms with Crippen molar-refractivity contribution in [3.05, 3.63) is 23.9 Å². The minimum absolute atomic E-state index is 0.0619. The molecule has 84 valence electrons. The van der Waals surface area contributed by atoms with Gasteiger partial charge in [0, 0.05) is 5.69 Å². The van der Waals surface area contributed by atoms with Crippen LogP contribution in [0.2, 0.25) is 0 Å². The number of nitrogens with zero attached hydrogens (tertiary/aromatic N) is 3. The van der Waals surface area contributed by atoms with Gasteiger partial charge in [0.25, 0.3) is 0 Å². The quantitative estimate of drug-likeness (QED) is 0.768. The van der Waals surface area contributed by atoms with E-state index in [0.29, 0.717) is 5.95 Å². The Labute approximate surface area is 92.2 Å². The first-order chi connectivity index (χ1) is 7.70. The molecular weight excluding hydrogens is 208 g/mol. The predicted octanol–water partition coefficient (Wildman–Crippen LogP) is 0.623. The topological polar surface area (TPSA) is 68.5 Å². The van der Waals surface area contributed by atoms with E-state index in [0.717, 1.165) is 11.3 Å². The lowest BCUT2D eigenvalue weighted by molar-refractivity contribution is -0.138. The number of aryl methyl sites for hydroxylation is 1. The number of carbonyl (C=O) groups excluding carboxylic acids is 1. The van der Waals surface area contributed by atoms with Crippen molar-refractivity contribution >= 4 is 17.6 Å². The summed E-state index contributed by atoms with van der Waals surface area (Å²) in [5, 5.41) is 7.00. The highest BCUT2D eigenvalue weighted by atomic mass is 16.5. The van der Waals surface area contributed by atoms with Gasteiger partial charge in [0.1, 0.15) is 6.54 Å². The minimum atomic E-state index is -0.351. The van der Waals surface area contributed by atoms with Gasteiger partial charge in [-0.25, -0.2) is 4.52 Å². The average molecular weight is 220 g/mol. The van der Waals surface area contributed by atoms with E-state index in [1.165, 1.54) is 7.11 Å². The zero-order chi connectivity index (χ0) is 11.5. The van der Waals surface area contributed by atoms with E-state index < -0.39 is 0 Å². The van der Waals surface area contributed by atoms with Gasteiger partial charge in [-0.1, -0.05) is 6.07 Å². The van der Waals surface area contributed by atoms with Crippen LogP contribution >= 0.6 is 0 Å². The highest BCUT2D eigenvalue weighted by molar-refractivity contribution is 5.74. The highest BCUT2D eigenvalue weighted by Gasteiger charge is 2.06. The summed E-state index contributed by atoms with van der Waals surface area (Å²) in [5.41, 5.74) is 1.73. The van der Waals surface area contributed by atoms with Crippen LogP contribution in [0.15, 0.2) is 18.2 Å². The standard InChI is InChI=1S/C10H12N4O2/c1-7-4-3-5-8-12-10(13-14(7)8)11-6-9(15)16-2/h3-5H,6H2,1-2H3,(H,11,13). The van der Waals surface area contributed by atoms with Gasteiger partial charge < -0.3 is 10.1 Å². The van der Waals surface area contributed by atoms with Crippen molar-refractivity contribution in [1.82, 2.24) is 14.6 Å². The zero-order valence-electron chi connectivity index (χ0n) is 9.10. The number of pyridine rings is 1. The minimum Gasteiger partial charge on any atom is -0.468 e. The van der Waals surface area contributed by atoms with Crippen LogP contribution in [-0.4, -0.2) is 34.2 Å². The molecule has 0 unspecified atom stereocenters. The summed E-state index contributed by atoms with van der Waals surface area (Å²) in [7, 11) is 1.34. The van der Waals surface area contributed by atoms with Crippen LogP contribution in [0.4, 0.5) is 5.95 Å². The van der Waals surface area contributed by atoms with Crippen molar-refractivity contribution in [2.45, 2.75) is 6.92 Å². The molecule has 16 heavy (non-hydrogen) atoms. The second-order valence-corrected chi connectivity index (χ2v) is 3.30. The number of methoxy groups -OCH3 is 1. The molecule has 0 atom stereocenters. The van der Waals surface area contributed by atoms with Crippen LogP contribution in [0.25, 0.3) is 5.65 Å². The van der Waals surface area contributed by atoms with E-state index in [9.17, 15) is 4.79 Å². The van der Waals surface area contributed by atoms with E-state index in [-0.39, 0.29) is 12.5 Å². The fourth-order valence-electron chi connectivity index (χ4n) is 1.33. The fraction of sp³-hybridized carbons (Fsp3) is 0.300. The van der Waals surface area contributed by atoms with Crippen LogP contribution in [0, 0.1) is 6.92 Å². The maximum Gasteiger partial charge on any atom is 0.325 e. The van der Waals surface area contributed by atoms with Crippen LogP contribution in [-0.2, 0) is 9.53 Å². The summed E-state index contributed by atoms with van der Waals surface area (Å²) < 4.78 is 6.21. The van der Waals surface area contributed by atoms with Gasteiger partial charge in [0.15, 0.2) is 5.65 Å². The second kappa shape index (κ2) is 4.18. The first-order valence-electron chi connectivity index (χ1n) is 4.84. The lowest BCUT2D eigenvalue weighted by Crippen LogP contribution is -2.15. The molecule has 0 bridgehead atoms. The molecule has 0 aliphatic carbocycles. The number of hydrogen-bond donors (Lipinski definition) is 1. The second-order valence-electron chi connectivity index (χ2n) is 3.30. The first-order valence-corrected chi connectivity index (χ1v) is 4.84. The molecule has 0 amide bonds. The number of nitrogens with one attached hydrogen (secondary N) is 1. The van der Waals surface area contributed by atoms with Crippen molar-refractivity contribution in [2.24, 2.45) is 0 Å². The Hall–Kier alpha value is -2.11. The number of rotatable bonds is 3. The molecule has 2 heterocycles. The molecule has 6 nitrogen and oxygen atoms in total. The van der Waals surface area contributed by atoms with Crippen molar-refractivity contribution in [1.29, 1.82) is 0 Å². The molecule has 0 aromatic carbocycles. The van der Waals surface area contributed by atoms with Gasteiger partial charge in [-0.2, -0.15) is 4.98 Å². The number of esters is 1. The Morgan fingerprint density at radius 2 is 2.38 bits per heavy atom. The van der Waals surface area contributed by atoms with Crippen LogP contribution < -0.4 is 5.32 Å². The van der Waals surface area contributed by atoms with E-state index in [1.54, 1.807) is 4.52 Å². The normalized spacial score (nSPS) is 10.4. The Balaban J connectivity index is 2.20. The molecule has 0 fully saturated rings. The van der Waals surface area contributed by atoms with Gasteiger partial charge in [0.2, 0.25) is 5.95 Å². The van der Waals surface area contributed by atoms with Crippen molar-refractivity contribution < 1.29 is 9.53 Å². The molecule has 1 N–H and O–H groups in total. The largest absolute Gasteiger partial charge is 0.468 e. The van der Waals surface area contributed by atoms with E-state index in [1.807, 2.05) is 25.1 Å². The summed E-state index contributed by atoms with van der Waals surface area (Å²) in [6, 6.07) is 5.69. The highest BCUT2D eigenvalue weighted by Crippen LogP contribution is 2.07. The Morgan fingerprint density at radius 1 is 1.56 bits per heavy atom. The lowest BCUT2D eigenvalue weighted by Gasteiger charge is -1.98. The van der Waals surface area contributed by atoms with Gasteiger partial charge in [-0.3, -0.25) is 4.79 Å². The smallest absolute Gasteiger partial charge is 0.325 e. The van der Waals surface area contributed by atoms with Crippen molar-refractivity contribution in [2.75, 3.05) is 19.0 Å².